The third-order valence-electron chi connectivity index (χ3n) is 7.92. The van der Waals surface area contributed by atoms with Crippen molar-refractivity contribution in [3.63, 3.8) is 0 Å². The third kappa shape index (κ3) is 7.99. The molecule has 4 aliphatic heterocycles. The number of ether oxygens (including phenoxy) is 4. The van der Waals surface area contributed by atoms with Gasteiger partial charge in [-0.3, -0.25) is 0 Å². The second kappa shape index (κ2) is 13.2. The summed E-state index contributed by atoms with van der Waals surface area (Å²) in [5.74, 6) is -0.529. The van der Waals surface area contributed by atoms with Crippen molar-refractivity contribution in [2.24, 2.45) is 0 Å². The summed E-state index contributed by atoms with van der Waals surface area (Å²) in [6.07, 6.45) is 13.1. The number of cyclic esters (lactones) is 1. The quantitative estimate of drug-likeness (QED) is 0.338. The van der Waals surface area contributed by atoms with Crippen LogP contribution in [0.3, 0.4) is 0 Å². The van der Waals surface area contributed by atoms with Gasteiger partial charge in [0.05, 0.1) is 37.1 Å². The van der Waals surface area contributed by atoms with E-state index in [4.69, 9.17) is 18.9 Å². The number of aliphatic hydroxyl groups is 2. The predicted molar refractivity (Wildman–Crippen MR) is 147 cm³/mol. The maximum Gasteiger partial charge on any atom is 0.330 e. The van der Waals surface area contributed by atoms with E-state index in [1.807, 2.05) is 24.3 Å². The van der Waals surface area contributed by atoms with Crippen LogP contribution in [0.25, 0.3) is 0 Å². The van der Waals surface area contributed by atoms with E-state index < -0.39 is 24.3 Å². The Morgan fingerprint density at radius 1 is 1.08 bits per heavy atom. The van der Waals surface area contributed by atoms with Gasteiger partial charge in [-0.15, -0.1) is 0 Å². The molecule has 210 valence electrons. The van der Waals surface area contributed by atoms with Crippen LogP contribution in [0.1, 0.15) is 56.1 Å². The summed E-state index contributed by atoms with van der Waals surface area (Å²) >= 11 is 0. The highest BCUT2D eigenvalue weighted by Gasteiger charge is 2.46. The summed E-state index contributed by atoms with van der Waals surface area (Å²) < 4.78 is 23.6. The van der Waals surface area contributed by atoms with Crippen LogP contribution in [-0.2, 0) is 36.8 Å². The molecule has 4 heterocycles. The summed E-state index contributed by atoms with van der Waals surface area (Å²) in [7, 11) is 0. The molecule has 7 nitrogen and oxygen atoms in total. The van der Waals surface area contributed by atoms with Gasteiger partial charge >= 0.3 is 5.97 Å². The van der Waals surface area contributed by atoms with Gasteiger partial charge in [-0.25, -0.2) is 4.79 Å². The zero-order chi connectivity index (χ0) is 27.2. The molecule has 5 rings (SSSR count). The highest BCUT2D eigenvalue weighted by atomic mass is 16.6. The van der Waals surface area contributed by atoms with Crippen molar-refractivity contribution in [3.8, 4) is 0 Å². The lowest BCUT2D eigenvalue weighted by molar-refractivity contribution is -0.148. The summed E-state index contributed by atoms with van der Waals surface area (Å²) in [6, 6.07) is 8.16. The Bertz CT molecular complexity index is 1090. The number of esters is 1. The summed E-state index contributed by atoms with van der Waals surface area (Å²) in [4.78, 5) is 12.7. The van der Waals surface area contributed by atoms with E-state index in [9.17, 15) is 15.0 Å². The Balaban J connectivity index is 1.25. The van der Waals surface area contributed by atoms with Gasteiger partial charge in [-0.1, -0.05) is 66.8 Å². The van der Waals surface area contributed by atoms with Gasteiger partial charge in [0.15, 0.2) is 0 Å². The molecule has 0 spiro atoms. The second-order valence-corrected chi connectivity index (χ2v) is 11.1. The van der Waals surface area contributed by atoms with E-state index in [1.165, 1.54) is 17.2 Å². The van der Waals surface area contributed by atoms with E-state index >= 15 is 0 Å². The van der Waals surface area contributed by atoms with Crippen molar-refractivity contribution >= 4 is 5.97 Å². The normalized spacial score (nSPS) is 35.7. The predicted octanol–water partition coefficient (Wildman–Crippen LogP) is 4.27. The van der Waals surface area contributed by atoms with Gasteiger partial charge < -0.3 is 29.2 Å². The lowest BCUT2D eigenvalue weighted by Crippen LogP contribution is -2.32. The van der Waals surface area contributed by atoms with Gasteiger partial charge in [0.2, 0.25) is 0 Å². The standard InChI is InChI=1S/C32H40O7/c1-21-7-4-10-24-11-5-12-25(37-24)13-6-14-31(35)38-29(19-30-32(39-30)28(34)17-21)27(33)16-15-26-18-22-8-2-3-9-23(22)20-36-26/h2-3,5-6,8-9,12,14-16,24-30,32-34H,1,4,7,10-11,13,17-20H2/b14-6-,16-15+/t24-,25+,26?,27+,28+,29?,30+,32+/m1/s1. The SMILES string of the molecule is C=C1CCC[C@@H]2CC=C[C@@H](C/C=C\C(=O)OC([C@@H](O)/C=C/C3Cc4ccccc4CO3)C[C@@H]3O[C@H]3[C@@H](O)C1)O2. The van der Waals surface area contributed by atoms with Crippen molar-refractivity contribution < 1.29 is 34.0 Å². The number of carbonyl (C=O) groups excluding carboxylic acids is 1. The maximum atomic E-state index is 12.7. The first-order chi connectivity index (χ1) is 18.9. The second-order valence-electron chi connectivity index (χ2n) is 11.1. The average molecular weight is 537 g/mol. The van der Waals surface area contributed by atoms with E-state index in [1.54, 1.807) is 12.2 Å². The molecule has 0 aromatic heterocycles. The van der Waals surface area contributed by atoms with Gasteiger partial charge in [-0.05, 0) is 49.7 Å². The Morgan fingerprint density at radius 3 is 2.79 bits per heavy atom. The molecule has 0 aliphatic carbocycles. The molecule has 0 saturated carbocycles. The minimum atomic E-state index is -1.05. The van der Waals surface area contributed by atoms with Crippen molar-refractivity contribution in [2.75, 3.05) is 0 Å². The number of benzene rings is 1. The van der Waals surface area contributed by atoms with Crippen LogP contribution in [0.2, 0.25) is 0 Å². The Morgan fingerprint density at radius 2 is 1.92 bits per heavy atom. The highest BCUT2D eigenvalue weighted by Crippen LogP contribution is 2.34. The lowest BCUT2D eigenvalue weighted by atomic mass is 9.96. The van der Waals surface area contributed by atoms with E-state index in [0.29, 0.717) is 19.4 Å². The number of hydrogen-bond donors (Lipinski definition) is 2. The number of aliphatic hydroxyl groups excluding tert-OH is 2. The van der Waals surface area contributed by atoms with Crippen molar-refractivity contribution in [1.82, 2.24) is 0 Å². The number of epoxide rings is 1. The molecule has 39 heavy (non-hydrogen) atoms. The monoisotopic (exact) mass is 536 g/mol. The molecule has 0 radical (unpaired) electrons. The van der Waals surface area contributed by atoms with Crippen LogP contribution < -0.4 is 0 Å². The zero-order valence-electron chi connectivity index (χ0n) is 22.4. The first-order valence-corrected chi connectivity index (χ1v) is 14.2. The minimum Gasteiger partial charge on any atom is -0.456 e. The molecule has 0 amide bonds. The molecule has 2 N–H and O–H groups in total. The van der Waals surface area contributed by atoms with Gasteiger partial charge in [0.1, 0.15) is 18.3 Å². The fourth-order valence-corrected chi connectivity index (χ4v) is 5.66. The van der Waals surface area contributed by atoms with Crippen LogP contribution >= 0.6 is 0 Å². The van der Waals surface area contributed by atoms with Gasteiger partial charge in [-0.2, -0.15) is 0 Å². The third-order valence-corrected chi connectivity index (χ3v) is 7.92. The molecular weight excluding hydrogens is 496 g/mol. The average Bonchev–Trinajstić information content (AvgIpc) is 3.70. The topological polar surface area (TPSA) is 97.8 Å². The maximum absolute atomic E-state index is 12.7. The van der Waals surface area contributed by atoms with Gasteiger partial charge in [0.25, 0.3) is 0 Å². The molecular formula is C32H40O7. The first-order valence-electron chi connectivity index (χ1n) is 14.2. The van der Waals surface area contributed by atoms with Crippen LogP contribution in [0.15, 0.2) is 72.9 Å². The number of rotatable bonds is 3. The van der Waals surface area contributed by atoms with Crippen LogP contribution in [0, 0.1) is 0 Å². The van der Waals surface area contributed by atoms with E-state index in [2.05, 4.69) is 24.8 Å². The number of fused-ring (bicyclic) bond motifs is 4. The fourth-order valence-electron chi connectivity index (χ4n) is 5.66. The molecule has 1 aromatic rings. The van der Waals surface area contributed by atoms with Crippen molar-refractivity contribution in [3.05, 3.63) is 84.0 Å². The van der Waals surface area contributed by atoms with E-state index in [0.717, 1.165) is 37.7 Å². The zero-order valence-corrected chi connectivity index (χ0v) is 22.4. The first kappa shape index (κ1) is 28.0. The number of carbonyl (C=O) groups is 1. The molecule has 2 unspecified atom stereocenters. The molecule has 1 saturated heterocycles. The molecule has 4 aliphatic rings. The van der Waals surface area contributed by atoms with Crippen molar-refractivity contribution in [1.29, 1.82) is 0 Å². The summed E-state index contributed by atoms with van der Waals surface area (Å²) in [5, 5.41) is 21.8. The summed E-state index contributed by atoms with van der Waals surface area (Å²) in [5.41, 5.74) is 3.40. The Labute approximate surface area is 230 Å². The van der Waals surface area contributed by atoms with Crippen molar-refractivity contribution in [2.45, 2.75) is 107 Å². The van der Waals surface area contributed by atoms with Crippen LogP contribution in [-0.4, -0.2) is 65.0 Å². The summed E-state index contributed by atoms with van der Waals surface area (Å²) in [6.45, 7) is 4.67. The lowest BCUT2D eigenvalue weighted by Gasteiger charge is -2.26. The van der Waals surface area contributed by atoms with Crippen LogP contribution in [0.5, 0.6) is 0 Å². The Kier molecular flexibility index (Phi) is 9.48. The van der Waals surface area contributed by atoms with Gasteiger partial charge in [0, 0.05) is 18.9 Å². The Hall–Kier alpha value is -2.55. The number of hydrogen-bond acceptors (Lipinski definition) is 7. The molecule has 7 heteroatoms. The molecule has 8 atom stereocenters. The molecule has 2 bridgehead atoms. The largest absolute Gasteiger partial charge is 0.456 e. The highest BCUT2D eigenvalue weighted by molar-refractivity contribution is 5.82. The minimum absolute atomic E-state index is 0.0812. The molecule has 1 aromatic carbocycles. The fraction of sp³-hybridized carbons (Fsp3) is 0.531. The smallest absolute Gasteiger partial charge is 0.330 e. The molecule has 1 fully saturated rings. The van der Waals surface area contributed by atoms with E-state index in [-0.39, 0.29) is 36.9 Å². The van der Waals surface area contributed by atoms with Crippen LogP contribution in [0.4, 0.5) is 0 Å².